The molecule has 0 radical (unpaired) electrons. The molecule has 2 aliphatic heterocycles. The molecule has 1 amide bonds. The topological polar surface area (TPSA) is 78.1 Å². The molecule has 2 fully saturated rings. The van der Waals surface area contributed by atoms with Crippen molar-refractivity contribution in [2.45, 2.75) is 32.7 Å². The lowest BCUT2D eigenvalue weighted by molar-refractivity contribution is -0.146. The average Bonchev–Trinajstić information content (AvgIpc) is 3.02. The van der Waals surface area contributed by atoms with E-state index in [1.807, 2.05) is 19.1 Å². The molecule has 144 valence electrons. The molecule has 7 heteroatoms. The van der Waals surface area contributed by atoms with Crippen LogP contribution in [0.4, 0.5) is 0 Å². The number of aliphatic hydroxyl groups excluding tert-OH is 1. The van der Waals surface area contributed by atoms with Crippen LogP contribution in [0.3, 0.4) is 0 Å². The van der Waals surface area contributed by atoms with Crippen molar-refractivity contribution >= 4 is 11.6 Å². The third kappa shape index (κ3) is 3.37. The Morgan fingerprint density at radius 2 is 2.07 bits per heavy atom. The van der Waals surface area contributed by atoms with Crippen molar-refractivity contribution in [2.24, 2.45) is 5.41 Å². The molecule has 4 heterocycles. The average molecular weight is 370 g/mol. The Kier molecular flexibility index (Phi) is 4.74. The highest BCUT2D eigenvalue weighted by Crippen LogP contribution is 2.40. The van der Waals surface area contributed by atoms with Gasteiger partial charge in [0.25, 0.3) is 5.56 Å². The minimum Gasteiger partial charge on any atom is -0.395 e. The van der Waals surface area contributed by atoms with Gasteiger partial charge in [-0.1, -0.05) is 0 Å². The number of likely N-dealkylation sites (tertiary alicyclic amines) is 2. The maximum atomic E-state index is 12.9. The maximum absolute atomic E-state index is 12.9. The van der Waals surface area contributed by atoms with Crippen molar-refractivity contribution in [3.8, 4) is 0 Å². The Labute approximate surface area is 158 Å². The molecule has 1 spiro atoms. The maximum Gasteiger partial charge on any atom is 0.258 e. The number of piperidine rings is 1. The van der Waals surface area contributed by atoms with E-state index in [9.17, 15) is 14.7 Å². The van der Waals surface area contributed by atoms with Gasteiger partial charge in [-0.15, -0.1) is 0 Å². The largest absolute Gasteiger partial charge is 0.395 e. The molecule has 1 atom stereocenters. The summed E-state index contributed by atoms with van der Waals surface area (Å²) >= 11 is 0. The summed E-state index contributed by atoms with van der Waals surface area (Å²) in [6.45, 7) is 5.25. The summed E-state index contributed by atoms with van der Waals surface area (Å²) < 4.78 is 1.55. The summed E-state index contributed by atoms with van der Waals surface area (Å²) in [5.74, 6) is 0.174. The van der Waals surface area contributed by atoms with Crippen LogP contribution in [0.25, 0.3) is 5.65 Å². The van der Waals surface area contributed by atoms with Crippen LogP contribution >= 0.6 is 0 Å². The van der Waals surface area contributed by atoms with E-state index in [1.54, 1.807) is 21.6 Å². The lowest BCUT2D eigenvalue weighted by atomic mass is 9.78. The zero-order chi connectivity index (χ0) is 19.0. The van der Waals surface area contributed by atoms with Crippen LogP contribution in [0.15, 0.2) is 29.2 Å². The third-order valence-corrected chi connectivity index (χ3v) is 5.89. The van der Waals surface area contributed by atoms with E-state index in [1.165, 1.54) is 0 Å². The van der Waals surface area contributed by atoms with Crippen molar-refractivity contribution in [3.05, 3.63) is 46.0 Å². The van der Waals surface area contributed by atoms with Crippen molar-refractivity contribution in [1.29, 1.82) is 0 Å². The van der Waals surface area contributed by atoms with E-state index in [4.69, 9.17) is 0 Å². The summed E-state index contributed by atoms with van der Waals surface area (Å²) in [4.78, 5) is 34.0. The Balaban J connectivity index is 1.52. The van der Waals surface area contributed by atoms with Crippen LogP contribution in [0.5, 0.6) is 0 Å². The normalized spacial score (nSPS) is 23.6. The fraction of sp³-hybridized carbons (Fsp3) is 0.550. The third-order valence-electron chi connectivity index (χ3n) is 5.89. The zero-order valence-corrected chi connectivity index (χ0v) is 15.7. The number of rotatable bonds is 4. The molecule has 1 N–H and O–H groups in total. The van der Waals surface area contributed by atoms with Gasteiger partial charge < -0.3 is 10.0 Å². The first-order valence-electron chi connectivity index (χ1n) is 9.62. The Morgan fingerprint density at radius 1 is 1.22 bits per heavy atom. The van der Waals surface area contributed by atoms with E-state index in [2.05, 4.69) is 9.88 Å². The predicted molar refractivity (Wildman–Crippen MR) is 101 cm³/mol. The summed E-state index contributed by atoms with van der Waals surface area (Å²) in [5, 5.41) is 9.20. The summed E-state index contributed by atoms with van der Waals surface area (Å²) in [7, 11) is 0. The Morgan fingerprint density at radius 3 is 2.89 bits per heavy atom. The van der Waals surface area contributed by atoms with Crippen LogP contribution in [0, 0.1) is 12.3 Å². The van der Waals surface area contributed by atoms with Gasteiger partial charge in [-0.3, -0.25) is 18.9 Å². The Bertz CT molecular complexity index is 923. The number of aliphatic hydroxyl groups is 1. The molecule has 0 saturated carbocycles. The highest BCUT2D eigenvalue weighted by Gasteiger charge is 2.48. The first-order valence-corrected chi connectivity index (χ1v) is 9.62. The quantitative estimate of drug-likeness (QED) is 0.862. The highest BCUT2D eigenvalue weighted by molar-refractivity contribution is 5.84. The van der Waals surface area contributed by atoms with Crippen molar-refractivity contribution in [3.63, 3.8) is 0 Å². The monoisotopic (exact) mass is 370 g/mol. The zero-order valence-electron chi connectivity index (χ0n) is 15.7. The molecule has 0 unspecified atom stereocenters. The fourth-order valence-electron chi connectivity index (χ4n) is 4.52. The number of nitrogens with zero attached hydrogens (tertiary/aromatic N) is 4. The second kappa shape index (κ2) is 7.05. The molecule has 2 aromatic heterocycles. The molecule has 27 heavy (non-hydrogen) atoms. The van der Waals surface area contributed by atoms with Crippen molar-refractivity contribution in [1.82, 2.24) is 19.2 Å². The smallest absolute Gasteiger partial charge is 0.258 e. The van der Waals surface area contributed by atoms with E-state index >= 15 is 0 Å². The van der Waals surface area contributed by atoms with Gasteiger partial charge in [-0.25, -0.2) is 4.98 Å². The minimum atomic E-state index is -0.337. The molecule has 7 nitrogen and oxygen atoms in total. The number of β-amino-alcohol motifs (C(OH)–C–C–N with tert-alkyl or cyclic N) is 1. The molecule has 2 saturated heterocycles. The number of hydrogen-bond donors (Lipinski definition) is 1. The number of aromatic nitrogens is 2. The van der Waals surface area contributed by atoms with E-state index in [0.29, 0.717) is 25.3 Å². The van der Waals surface area contributed by atoms with Gasteiger partial charge in [0, 0.05) is 38.4 Å². The van der Waals surface area contributed by atoms with Gasteiger partial charge in [-0.05, 0) is 50.4 Å². The predicted octanol–water partition coefficient (Wildman–Crippen LogP) is 0.810. The molecular weight excluding hydrogens is 344 g/mol. The number of hydrogen-bond acceptors (Lipinski definition) is 5. The minimum absolute atomic E-state index is 0.00983. The van der Waals surface area contributed by atoms with Gasteiger partial charge in [0.2, 0.25) is 5.91 Å². The molecular formula is C20H26N4O3. The Hall–Kier alpha value is -2.25. The lowest BCUT2D eigenvalue weighted by Gasteiger charge is -2.39. The number of amides is 1. The second-order valence-corrected chi connectivity index (χ2v) is 7.88. The number of fused-ring (bicyclic) bond motifs is 1. The van der Waals surface area contributed by atoms with E-state index < -0.39 is 0 Å². The van der Waals surface area contributed by atoms with Crippen LogP contribution in [0.1, 0.15) is 30.5 Å². The van der Waals surface area contributed by atoms with E-state index in [-0.39, 0.29) is 23.5 Å². The first kappa shape index (κ1) is 18.1. The van der Waals surface area contributed by atoms with Crippen LogP contribution in [-0.2, 0) is 11.3 Å². The van der Waals surface area contributed by atoms with Gasteiger partial charge >= 0.3 is 0 Å². The van der Waals surface area contributed by atoms with Crippen LogP contribution < -0.4 is 5.56 Å². The van der Waals surface area contributed by atoms with Crippen LogP contribution in [0.2, 0.25) is 0 Å². The van der Waals surface area contributed by atoms with E-state index in [0.717, 1.165) is 43.6 Å². The van der Waals surface area contributed by atoms with Gasteiger partial charge in [0.05, 0.1) is 17.7 Å². The standard InChI is InChI=1S/C20H26N4O3/c1-15-3-7-24-17(11-15)21-16(12-18(24)26)13-22-8-5-20(14-22)4-2-6-23(9-10-25)19(20)27/h3,7,11-12,25H,2,4-6,8-10,13-14H2,1H3/t20-/m1/s1. The summed E-state index contributed by atoms with van der Waals surface area (Å²) in [5.41, 5.74) is 2.06. The second-order valence-electron chi connectivity index (χ2n) is 7.88. The first-order chi connectivity index (χ1) is 13.0. The van der Waals surface area contributed by atoms with Crippen molar-refractivity contribution in [2.75, 3.05) is 32.8 Å². The molecule has 0 bridgehead atoms. The van der Waals surface area contributed by atoms with Gasteiger partial charge in [0.15, 0.2) is 0 Å². The van der Waals surface area contributed by atoms with Crippen LogP contribution in [-0.4, -0.2) is 63.0 Å². The molecule has 2 aromatic rings. The summed E-state index contributed by atoms with van der Waals surface area (Å²) in [6.07, 6.45) is 4.47. The number of aryl methyl sites for hydroxylation is 1. The number of carbonyl (C=O) groups excluding carboxylic acids is 1. The fourth-order valence-corrected chi connectivity index (χ4v) is 4.52. The van der Waals surface area contributed by atoms with Gasteiger partial charge in [-0.2, -0.15) is 0 Å². The molecule has 0 aromatic carbocycles. The summed E-state index contributed by atoms with van der Waals surface area (Å²) in [6, 6.07) is 5.40. The SMILES string of the molecule is Cc1ccn2c(=O)cc(CN3CC[C@]4(CCCN(CCO)C4=O)C3)nc2c1. The number of carbonyl (C=O) groups is 1. The lowest BCUT2D eigenvalue weighted by Crippen LogP contribution is -2.50. The molecule has 2 aliphatic rings. The van der Waals surface area contributed by atoms with Gasteiger partial charge in [0.1, 0.15) is 5.65 Å². The molecule has 4 rings (SSSR count). The number of pyridine rings is 1. The highest BCUT2D eigenvalue weighted by atomic mass is 16.3. The molecule has 0 aliphatic carbocycles. The van der Waals surface area contributed by atoms with Crippen molar-refractivity contribution < 1.29 is 9.90 Å².